The minimum absolute atomic E-state index is 0. The van der Waals surface area contributed by atoms with Crippen molar-refractivity contribution in [3.05, 3.63) is 89.9 Å². The molecule has 6 rings (SSSR count). The second-order valence-corrected chi connectivity index (χ2v) is 12.3. The number of carboxylic acid groups (broad SMARTS) is 1. The third-order valence-corrected chi connectivity index (χ3v) is 10.1. The van der Waals surface area contributed by atoms with Crippen LogP contribution in [0.25, 0.3) is 0 Å². The van der Waals surface area contributed by atoms with Gasteiger partial charge in [0.1, 0.15) is 5.76 Å². The maximum Gasteiger partial charge on any atom is 0.303 e. The van der Waals surface area contributed by atoms with E-state index in [1.807, 2.05) is 13.0 Å². The number of carboxylic acids is 1. The predicted molar refractivity (Wildman–Crippen MR) is 171 cm³/mol. The Balaban J connectivity index is 0.00000212. The first-order valence-electron chi connectivity index (χ1n) is 14.4. The average Bonchev–Trinajstić information content (AvgIpc) is 3.68. The van der Waals surface area contributed by atoms with Crippen molar-refractivity contribution >= 4 is 39.0 Å². The number of hydrogen-bond donors (Lipinski definition) is 3. The minimum Gasteiger partial charge on any atom is -0.511 e. The lowest BCUT2D eigenvalue weighted by Gasteiger charge is -2.17. The van der Waals surface area contributed by atoms with E-state index in [0.717, 1.165) is 90.8 Å². The lowest BCUT2D eigenvalue weighted by atomic mass is 9.86. The van der Waals surface area contributed by atoms with E-state index in [1.54, 1.807) is 0 Å². The third-order valence-electron chi connectivity index (χ3n) is 9.27. The van der Waals surface area contributed by atoms with Crippen LogP contribution in [0.4, 0.5) is 0 Å². The Bertz CT molecular complexity index is 1690. The van der Waals surface area contributed by atoms with Crippen molar-refractivity contribution in [1.82, 2.24) is 5.32 Å². The summed E-state index contributed by atoms with van der Waals surface area (Å²) >= 11 is 3.92. The van der Waals surface area contributed by atoms with E-state index in [1.165, 1.54) is 11.1 Å². The Morgan fingerprint density at radius 1 is 1.00 bits per heavy atom. The first-order valence-corrected chi connectivity index (χ1v) is 15.2. The van der Waals surface area contributed by atoms with Crippen LogP contribution in [-0.2, 0) is 4.79 Å². The molecule has 0 aromatic rings. The second-order valence-electron chi connectivity index (χ2n) is 11.5. The number of halogens is 1. The molecule has 8 bridgehead atoms. The van der Waals surface area contributed by atoms with Crippen molar-refractivity contribution in [3.8, 4) is 0 Å². The maximum atomic E-state index is 11.6. The first-order chi connectivity index (χ1) is 19.5. The number of aliphatic hydroxyl groups excluding tert-OH is 1. The van der Waals surface area contributed by atoms with Gasteiger partial charge in [0, 0.05) is 50.1 Å². The molecular formula is C33H39BrN4O3. The van der Waals surface area contributed by atoms with Gasteiger partial charge in [0.2, 0.25) is 0 Å². The quantitative estimate of drug-likeness (QED) is 0.289. The van der Waals surface area contributed by atoms with Gasteiger partial charge in [0.05, 0.1) is 38.7 Å². The van der Waals surface area contributed by atoms with Crippen molar-refractivity contribution in [2.45, 2.75) is 73.6 Å². The molecule has 0 spiro atoms. The van der Waals surface area contributed by atoms with Gasteiger partial charge in [-0.1, -0.05) is 20.8 Å². The van der Waals surface area contributed by atoms with Gasteiger partial charge in [0.15, 0.2) is 0 Å². The van der Waals surface area contributed by atoms with E-state index in [4.69, 9.17) is 15.0 Å². The van der Waals surface area contributed by atoms with E-state index in [-0.39, 0.29) is 21.1 Å². The van der Waals surface area contributed by atoms with Gasteiger partial charge >= 0.3 is 5.97 Å². The van der Waals surface area contributed by atoms with Gasteiger partial charge in [-0.05, 0) is 96.0 Å². The fraction of sp³-hybridized carbons (Fsp3) is 0.394. The Morgan fingerprint density at radius 2 is 1.68 bits per heavy atom. The molecule has 1 saturated heterocycles. The van der Waals surface area contributed by atoms with Crippen LogP contribution in [0, 0.1) is 11.8 Å². The van der Waals surface area contributed by atoms with Gasteiger partial charge in [-0.15, -0.1) is 0 Å². The highest BCUT2D eigenvalue weighted by atomic mass is 79.9. The molecule has 0 saturated carbocycles. The topological polar surface area (TPSA) is 107 Å². The summed E-state index contributed by atoms with van der Waals surface area (Å²) < 4.78 is 0.883. The number of hydrogen-bond acceptors (Lipinski definition) is 6. The number of nitrogens with zero attached hydrogens (tertiary/aromatic N) is 3. The van der Waals surface area contributed by atoms with E-state index in [9.17, 15) is 15.0 Å². The molecule has 5 heterocycles. The van der Waals surface area contributed by atoms with Gasteiger partial charge in [-0.2, -0.15) is 0 Å². The Hall–Kier alpha value is -3.52. The molecule has 1 aliphatic carbocycles. The lowest BCUT2D eigenvalue weighted by molar-refractivity contribution is -0.137. The fourth-order valence-electron chi connectivity index (χ4n) is 6.98. The number of aliphatic carboxylic acids is 1. The Labute approximate surface area is 252 Å². The van der Waals surface area contributed by atoms with Crippen molar-refractivity contribution in [1.29, 1.82) is 0 Å². The van der Waals surface area contributed by atoms with Crippen LogP contribution in [-0.4, -0.2) is 33.3 Å². The van der Waals surface area contributed by atoms with Crippen molar-refractivity contribution in [2.24, 2.45) is 26.8 Å². The molecule has 8 heteroatoms. The van der Waals surface area contributed by atoms with E-state index in [0.29, 0.717) is 18.6 Å². The smallest absolute Gasteiger partial charge is 0.303 e. The number of nitrogens with one attached hydrogen (secondary N) is 1. The molecule has 0 amide bonds. The summed E-state index contributed by atoms with van der Waals surface area (Å²) in [5.41, 5.74) is 14.4. The minimum atomic E-state index is -0.818. The van der Waals surface area contributed by atoms with Gasteiger partial charge in [0.25, 0.3) is 0 Å². The molecule has 7 nitrogen and oxygen atoms in total. The van der Waals surface area contributed by atoms with Crippen LogP contribution in [0.2, 0.25) is 0 Å². The molecule has 0 aromatic carbocycles. The van der Waals surface area contributed by atoms with Gasteiger partial charge in [-0.3, -0.25) is 4.79 Å². The highest BCUT2D eigenvalue weighted by molar-refractivity contribution is 9.12. The standard InChI is InChI=1S/C33H35BrN4O3.2H2/c1-7-18-14(3)22-12-25-19(8-2)15(4)30(37-25)29(34)31-16(5)20(9-10-27(40)41)32(38-31)21-11-26(39)28-17(6)23(36-33(21)28)13-24(18)35-22;;/h12-13,16,20,38-39H,7-11H2,1-6H3,(H,40,41);2*1H/t16-,20-;;/m0../s1. The second kappa shape index (κ2) is 10.1. The predicted octanol–water partition coefficient (Wildman–Crippen LogP) is 8.15. The van der Waals surface area contributed by atoms with Crippen molar-refractivity contribution in [3.63, 3.8) is 0 Å². The zero-order valence-electron chi connectivity index (χ0n) is 24.4. The molecule has 41 heavy (non-hydrogen) atoms. The third kappa shape index (κ3) is 4.21. The van der Waals surface area contributed by atoms with Crippen LogP contribution in [0.3, 0.4) is 0 Å². The number of aliphatic hydroxyl groups is 1. The van der Waals surface area contributed by atoms with Gasteiger partial charge in [-0.25, -0.2) is 15.0 Å². The Kier molecular flexibility index (Phi) is 6.80. The molecule has 6 aliphatic rings. The van der Waals surface area contributed by atoms with Crippen molar-refractivity contribution < 1.29 is 17.9 Å². The lowest BCUT2D eigenvalue weighted by Crippen LogP contribution is -2.15. The van der Waals surface area contributed by atoms with E-state index < -0.39 is 5.97 Å². The number of carbonyl (C=O) groups is 1. The maximum absolute atomic E-state index is 11.6. The first kappa shape index (κ1) is 27.6. The van der Waals surface area contributed by atoms with E-state index in [2.05, 4.69) is 61.9 Å². The zero-order chi connectivity index (χ0) is 29.3. The molecule has 0 aromatic heterocycles. The summed E-state index contributed by atoms with van der Waals surface area (Å²) in [7, 11) is 0. The number of aliphatic imine (C=N–C) groups is 3. The van der Waals surface area contributed by atoms with Crippen LogP contribution < -0.4 is 5.32 Å². The number of fused-ring (bicyclic) bond motifs is 5. The van der Waals surface area contributed by atoms with Crippen LogP contribution in [0.1, 0.15) is 76.5 Å². The highest BCUT2D eigenvalue weighted by Gasteiger charge is 2.42. The molecule has 3 N–H and O–H groups in total. The molecule has 2 atom stereocenters. The number of allylic oxidation sites excluding steroid dienone is 12. The molecule has 5 aliphatic heterocycles. The molecular weight excluding hydrogens is 580 g/mol. The summed E-state index contributed by atoms with van der Waals surface area (Å²) in [6.45, 7) is 12.7. The molecule has 0 unspecified atom stereocenters. The van der Waals surface area contributed by atoms with Crippen LogP contribution in [0.5, 0.6) is 0 Å². The SMILES string of the molecule is CCC1=C(C)C2=NC1=CC1=C(C)C3=C(O)CC(=C4NC(=C(Br)C5=NC(=C2)C(CC)=C5C)[C@@H](C)[C@@H]4CCC(=O)O)C3=N1.[HH].[HH]. The largest absolute Gasteiger partial charge is 0.511 e. The summed E-state index contributed by atoms with van der Waals surface area (Å²) in [5.74, 6) is -0.570. The average molecular weight is 620 g/mol. The van der Waals surface area contributed by atoms with Crippen LogP contribution in [0.15, 0.2) is 105 Å². The van der Waals surface area contributed by atoms with Crippen LogP contribution >= 0.6 is 15.9 Å². The van der Waals surface area contributed by atoms with Crippen molar-refractivity contribution in [2.75, 3.05) is 0 Å². The Morgan fingerprint density at radius 3 is 2.37 bits per heavy atom. The summed E-state index contributed by atoms with van der Waals surface area (Å²) in [6, 6.07) is 0. The fourth-order valence-corrected chi connectivity index (χ4v) is 7.82. The normalized spacial score (nSPS) is 25.4. The monoisotopic (exact) mass is 618 g/mol. The highest BCUT2D eigenvalue weighted by Crippen LogP contribution is 2.47. The van der Waals surface area contributed by atoms with E-state index >= 15 is 0 Å². The summed E-state index contributed by atoms with van der Waals surface area (Å²) in [4.78, 5) is 26.9. The summed E-state index contributed by atoms with van der Waals surface area (Å²) in [5, 5.41) is 24.4. The molecule has 1 fully saturated rings. The molecule has 0 radical (unpaired) electrons. The summed E-state index contributed by atoms with van der Waals surface area (Å²) in [6.07, 6.45) is 6.74. The number of rotatable bonds is 5. The zero-order valence-corrected chi connectivity index (χ0v) is 26.0. The van der Waals surface area contributed by atoms with Gasteiger partial charge < -0.3 is 15.5 Å². The molecule has 216 valence electrons.